The summed E-state index contributed by atoms with van der Waals surface area (Å²) in [5, 5.41) is 1.45. The summed E-state index contributed by atoms with van der Waals surface area (Å²) >= 11 is 1.92. The molecule has 724 valence electrons. The molecule has 0 spiro atoms. The lowest BCUT2D eigenvalue weighted by molar-refractivity contribution is 0.238. The Bertz CT molecular complexity index is 4120. The van der Waals surface area contributed by atoms with Gasteiger partial charge in [-0.25, -0.2) is 34.9 Å². The van der Waals surface area contributed by atoms with Gasteiger partial charge < -0.3 is 53.9 Å². The van der Waals surface area contributed by atoms with Crippen LogP contribution in [0.2, 0.25) is 0 Å². The minimum absolute atomic E-state index is 0.674. The highest BCUT2D eigenvalue weighted by atomic mass is 32.1. The van der Waals surface area contributed by atoms with Gasteiger partial charge in [-0.1, -0.05) is 68.3 Å². The fourth-order valence-corrected chi connectivity index (χ4v) is 18.8. The lowest BCUT2D eigenvalue weighted by Crippen LogP contribution is -2.35. The van der Waals surface area contributed by atoms with Gasteiger partial charge >= 0.3 is 0 Å². The van der Waals surface area contributed by atoms with Crippen LogP contribution in [0.3, 0.4) is 0 Å². The van der Waals surface area contributed by atoms with Crippen molar-refractivity contribution < 1.29 is 0 Å². The van der Waals surface area contributed by atoms with Crippen LogP contribution in [0.4, 0.5) is 45.7 Å². The minimum Gasteiger partial charge on any atom is -0.370 e. The van der Waals surface area contributed by atoms with E-state index in [1.54, 1.807) is 0 Å². The molecule has 1 saturated carbocycles. The topological polar surface area (TPSA) is 181 Å². The maximum atomic E-state index is 4.47. The number of hydrogen-bond acceptors (Lipinski definition) is 27. The molecule has 8 aromatic rings. The first-order valence-electron chi connectivity index (χ1n) is 50.3. The molecule has 0 atom stereocenters. The average molecular weight is 1830 g/mol. The third-order valence-corrected chi connectivity index (χ3v) is 27.4. The molecule has 1 aliphatic carbocycles. The fourth-order valence-electron chi connectivity index (χ4n) is 17.9. The highest BCUT2D eigenvalue weighted by molar-refractivity contribution is 7.16. The van der Waals surface area contributed by atoms with E-state index in [9.17, 15) is 0 Å². The predicted octanol–water partition coefficient (Wildman–Crippen LogP) is 15.5. The summed E-state index contributed by atoms with van der Waals surface area (Å²) in [4.78, 5) is 84.6. The van der Waals surface area contributed by atoms with Crippen molar-refractivity contribution in [3.8, 4) is 0 Å². The van der Waals surface area contributed by atoms with Gasteiger partial charge in [0.25, 0.3) is 0 Å². The molecule has 17 rings (SSSR count). The van der Waals surface area contributed by atoms with Gasteiger partial charge in [0.05, 0.1) is 59.3 Å². The van der Waals surface area contributed by atoms with E-state index < -0.39 is 0 Å². The standard InChI is InChI=1S/C15H24N2.C14H22N2.3C13H20N4.C13H22N2S.2C12H20N4/c1-13(2)16-9-4-10-17(12-11-16)15-7-5-14(3)6-8-15;1-3-15-9-4-10-16(12-11-15)14-7-5-13(2)6-8-14;1-11-9-15-13(10-14-11)17-6-2-5-16(7-8-17)12-3-4-12;1-3-5-16-6-4-7-17(9-8-16)13-11-14-12(2)10-15-13;1-3-5-16-6-4-7-17(9-8-16)13-14-10-12(2)11-15-13;1-11(2)14-7-4-8-15(10-9-14)13-6-5-12(3)16-13;1-3-15-5-4-6-16(8-7-15)12-10-13-11(2)9-14-12;1-3-15-5-4-6-16(8-7-15)12-13-9-11(2)10-14-12/h5-8,13H,4,9-12H2,1-3H3;5-8H,3-4,9-12H2,1-2H3;9-10,12H,2-8H2,1H3;2*3,10-11H,1,4-9H2,2H3;5-6,11H,4,7-10H2,1-3H3;2*9-10H,3-8H2,1-2H3. The van der Waals surface area contributed by atoms with Crippen molar-refractivity contribution in [2.24, 2.45) is 0 Å². The number of aromatic nitrogens is 10. The van der Waals surface area contributed by atoms with E-state index in [-0.39, 0.29) is 0 Å². The van der Waals surface area contributed by atoms with Crippen molar-refractivity contribution in [1.29, 1.82) is 0 Å². The second-order valence-electron chi connectivity index (χ2n) is 37.5. The second kappa shape index (κ2) is 57.7. The Balaban J connectivity index is 0.000000157. The molecule has 26 nitrogen and oxygen atoms in total. The number of benzene rings is 2. The molecule has 8 saturated heterocycles. The Morgan fingerprint density at radius 1 is 0.295 bits per heavy atom. The molecule has 6 aromatic heterocycles. The fraction of sp³-hybridized carbons (Fsp3) is 0.619. The summed E-state index contributed by atoms with van der Waals surface area (Å²) in [5.41, 5.74) is 10.6. The molecule has 2 aromatic carbocycles. The number of aryl methyl sites for hydroxylation is 8. The van der Waals surface area contributed by atoms with Crippen LogP contribution in [0.25, 0.3) is 0 Å². The lowest BCUT2D eigenvalue weighted by Gasteiger charge is -2.25. The van der Waals surface area contributed by atoms with Gasteiger partial charge in [-0.15, -0.1) is 24.5 Å². The normalized spacial score (nSPS) is 18.9. The third-order valence-electron chi connectivity index (χ3n) is 26.4. The van der Waals surface area contributed by atoms with Crippen LogP contribution in [0.15, 0.2) is 148 Å². The van der Waals surface area contributed by atoms with Crippen LogP contribution in [-0.4, -0.2) is 349 Å². The third kappa shape index (κ3) is 37.1. The molecule has 0 radical (unpaired) electrons. The van der Waals surface area contributed by atoms with Crippen LogP contribution in [-0.2, 0) is 0 Å². The Labute approximate surface area is 801 Å². The zero-order chi connectivity index (χ0) is 93.8. The number of anilines is 8. The number of hydrogen-bond donors (Lipinski definition) is 0. The molecule has 132 heavy (non-hydrogen) atoms. The second-order valence-corrected chi connectivity index (χ2v) is 38.7. The van der Waals surface area contributed by atoms with Gasteiger partial charge in [-0.05, 0) is 234 Å². The summed E-state index contributed by atoms with van der Waals surface area (Å²) < 4.78 is 0. The van der Waals surface area contributed by atoms with E-state index in [1.165, 1.54) is 188 Å². The zero-order valence-corrected chi connectivity index (χ0v) is 84.9. The van der Waals surface area contributed by atoms with Gasteiger partial charge in [0, 0.05) is 262 Å². The first-order valence-corrected chi connectivity index (χ1v) is 51.1. The van der Waals surface area contributed by atoms with Gasteiger partial charge in [0.1, 0.15) is 17.5 Å². The predicted molar refractivity (Wildman–Crippen MR) is 558 cm³/mol. The van der Waals surface area contributed by atoms with Crippen molar-refractivity contribution in [3.05, 3.63) is 192 Å². The minimum atomic E-state index is 0.674. The van der Waals surface area contributed by atoms with Crippen molar-refractivity contribution in [2.75, 3.05) is 281 Å². The van der Waals surface area contributed by atoms with Crippen LogP contribution in [0.5, 0.6) is 0 Å². The maximum Gasteiger partial charge on any atom is 0.225 e. The van der Waals surface area contributed by atoms with E-state index >= 15 is 0 Å². The monoisotopic (exact) mass is 1830 g/mol. The molecule has 9 aliphatic rings. The maximum absolute atomic E-state index is 4.47. The molecule has 0 amide bonds. The highest BCUT2D eigenvalue weighted by Crippen LogP contribution is 2.30. The van der Waals surface area contributed by atoms with Crippen LogP contribution < -0.4 is 39.2 Å². The largest absolute Gasteiger partial charge is 0.370 e. The SMILES string of the molecule is C=CCN1CCCN(c2cnc(C)cn2)CC1.C=CCN1CCCN(c2ncc(C)cn2)CC1.CCN1CCCN(c2ccc(C)cc2)CC1.CCN1CCCN(c2cnc(C)cn2)CC1.CCN1CCCN(c2ncc(C)cn2)CC1.Cc1ccc(N2CCCN(C(C)C)CC2)cc1.Cc1ccc(N2CCCN(C(C)C)CC2)s1.Cc1cnc(N2CCCN(C3CC3)CC2)cn1. The van der Waals surface area contributed by atoms with Crippen LogP contribution >= 0.6 is 11.3 Å². The summed E-state index contributed by atoms with van der Waals surface area (Å²) in [6.45, 7) is 81.8. The molecule has 0 bridgehead atoms. The summed E-state index contributed by atoms with van der Waals surface area (Å²) in [6, 6.07) is 24.6. The molecule has 27 heteroatoms. The Morgan fingerprint density at radius 2 is 0.614 bits per heavy atom. The lowest BCUT2D eigenvalue weighted by atomic mass is 10.2. The van der Waals surface area contributed by atoms with Crippen molar-refractivity contribution in [3.63, 3.8) is 0 Å². The Morgan fingerprint density at radius 3 is 0.962 bits per heavy atom. The molecular formula is C105H168N26S. The van der Waals surface area contributed by atoms with Crippen LogP contribution in [0.1, 0.15) is 157 Å². The number of likely N-dealkylation sites (N-methyl/N-ethyl adjacent to an activating group) is 3. The van der Waals surface area contributed by atoms with Gasteiger partial charge in [0.15, 0.2) is 0 Å². The number of thiophene rings is 1. The first kappa shape index (κ1) is 105. The first-order chi connectivity index (χ1) is 64.1. The quantitative estimate of drug-likeness (QED) is 0.0739. The number of rotatable bonds is 18. The summed E-state index contributed by atoms with van der Waals surface area (Å²) in [6.07, 6.45) is 35.3. The van der Waals surface area contributed by atoms with E-state index in [4.69, 9.17) is 0 Å². The molecule has 0 N–H and O–H groups in total. The molecular weight excluding hydrogens is 1660 g/mol. The smallest absolute Gasteiger partial charge is 0.225 e. The van der Waals surface area contributed by atoms with E-state index in [0.717, 1.165) is 214 Å². The number of nitrogens with zero attached hydrogens (tertiary/aromatic N) is 26. The van der Waals surface area contributed by atoms with Crippen LogP contribution in [0, 0.1) is 55.4 Å². The summed E-state index contributed by atoms with van der Waals surface area (Å²) in [5.74, 6) is 4.78. The summed E-state index contributed by atoms with van der Waals surface area (Å²) in [7, 11) is 0. The van der Waals surface area contributed by atoms with E-state index in [1.807, 2.05) is 120 Å². The molecule has 8 aliphatic heterocycles. The van der Waals surface area contributed by atoms with Gasteiger partial charge in [-0.2, -0.15) is 0 Å². The average Bonchev–Trinajstić information content (AvgIpc) is 1.73. The van der Waals surface area contributed by atoms with Gasteiger partial charge in [0.2, 0.25) is 11.9 Å². The van der Waals surface area contributed by atoms with Crippen molar-refractivity contribution in [2.45, 2.75) is 186 Å². The Hall–Kier alpha value is -8.90. The zero-order valence-electron chi connectivity index (χ0n) is 84.1. The molecule has 14 heterocycles. The molecule has 9 fully saturated rings. The van der Waals surface area contributed by atoms with Gasteiger partial charge in [-0.3, -0.25) is 39.5 Å². The highest BCUT2D eigenvalue weighted by Gasteiger charge is 2.31. The molecule has 0 unspecified atom stereocenters. The van der Waals surface area contributed by atoms with E-state index in [0.29, 0.717) is 12.1 Å². The Kier molecular flexibility index (Phi) is 46.0. The van der Waals surface area contributed by atoms with E-state index in [2.05, 4.69) is 271 Å². The van der Waals surface area contributed by atoms with Crippen molar-refractivity contribution >= 4 is 57.1 Å². The van der Waals surface area contributed by atoms with Crippen molar-refractivity contribution in [1.82, 2.24) is 89.0 Å².